The average molecular weight is 509 g/mol. The van der Waals surface area contributed by atoms with Gasteiger partial charge in [-0.1, -0.05) is 12.1 Å². The SMILES string of the molecule is CC(C)(C)OC(=O)NCC(=O)Nc1ccc(CNC(=O)c2ccc3c(c2)C(=O)N(C(C)(C)C)C3=O)cc1. The van der Waals surface area contributed by atoms with Gasteiger partial charge < -0.3 is 20.7 Å². The van der Waals surface area contributed by atoms with Gasteiger partial charge in [-0.05, 0) is 77.4 Å². The summed E-state index contributed by atoms with van der Waals surface area (Å²) in [6.45, 7) is 10.5. The van der Waals surface area contributed by atoms with Gasteiger partial charge in [0.2, 0.25) is 5.91 Å². The van der Waals surface area contributed by atoms with E-state index >= 15 is 0 Å². The zero-order valence-electron chi connectivity index (χ0n) is 21.9. The van der Waals surface area contributed by atoms with Gasteiger partial charge in [-0.2, -0.15) is 0 Å². The summed E-state index contributed by atoms with van der Waals surface area (Å²) in [4.78, 5) is 63.0. The van der Waals surface area contributed by atoms with Crippen LogP contribution in [0.4, 0.5) is 10.5 Å². The first-order valence-electron chi connectivity index (χ1n) is 11.8. The second-order valence-electron chi connectivity index (χ2n) is 10.7. The van der Waals surface area contributed by atoms with Crippen LogP contribution in [-0.4, -0.2) is 52.3 Å². The van der Waals surface area contributed by atoms with Gasteiger partial charge in [0.15, 0.2) is 0 Å². The topological polar surface area (TPSA) is 134 Å². The highest BCUT2D eigenvalue weighted by molar-refractivity contribution is 6.22. The van der Waals surface area contributed by atoms with E-state index < -0.39 is 29.0 Å². The van der Waals surface area contributed by atoms with E-state index in [0.717, 1.165) is 5.56 Å². The molecule has 0 bridgehead atoms. The lowest BCUT2D eigenvalue weighted by Crippen LogP contribution is -2.45. The van der Waals surface area contributed by atoms with E-state index in [9.17, 15) is 24.0 Å². The van der Waals surface area contributed by atoms with E-state index in [2.05, 4.69) is 16.0 Å². The van der Waals surface area contributed by atoms with Crippen molar-refractivity contribution in [2.45, 2.75) is 59.2 Å². The number of ether oxygens (including phenoxy) is 1. The molecule has 5 amide bonds. The summed E-state index contributed by atoms with van der Waals surface area (Å²) in [6.07, 6.45) is -0.681. The molecule has 0 aromatic heterocycles. The summed E-state index contributed by atoms with van der Waals surface area (Å²) in [6, 6.07) is 11.3. The van der Waals surface area contributed by atoms with Crippen molar-refractivity contribution in [3.8, 4) is 0 Å². The van der Waals surface area contributed by atoms with Gasteiger partial charge in [-0.3, -0.25) is 24.1 Å². The molecule has 10 heteroatoms. The van der Waals surface area contributed by atoms with E-state index in [-0.39, 0.29) is 41.6 Å². The summed E-state index contributed by atoms with van der Waals surface area (Å²) in [5, 5.41) is 7.84. The van der Waals surface area contributed by atoms with Crippen LogP contribution in [-0.2, 0) is 16.1 Å². The van der Waals surface area contributed by atoms with Crippen molar-refractivity contribution in [1.82, 2.24) is 15.5 Å². The molecule has 1 aliphatic rings. The quantitative estimate of drug-likeness (QED) is 0.512. The maximum absolute atomic E-state index is 12.8. The molecule has 0 unspecified atom stereocenters. The maximum atomic E-state index is 12.8. The van der Waals surface area contributed by atoms with E-state index in [1.54, 1.807) is 65.8 Å². The van der Waals surface area contributed by atoms with E-state index in [1.165, 1.54) is 23.1 Å². The number of imide groups is 1. The number of carbonyl (C=O) groups is 5. The minimum atomic E-state index is -0.681. The third kappa shape index (κ3) is 6.93. The molecule has 10 nitrogen and oxygen atoms in total. The molecule has 0 fully saturated rings. The number of hydrogen-bond acceptors (Lipinski definition) is 6. The molecule has 2 aromatic carbocycles. The van der Waals surface area contributed by atoms with Crippen molar-refractivity contribution >= 4 is 35.4 Å². The Balaban J connectivity index is 1.53. The van der Waals surface area contributed by atoms with Gasteiger partial charge in [-0.15, -0.1) is 0 Å². The lowest BCUT2D eigenvalue weighted by molar-refractivity contribution is -0.115. The number of rotatable bonds is 6. The first-order valence-corrected chi connectivity index (χ1v) is 11.8. The van der Waals surface area contributed by atoms with Crippen LogP contribution >= 0.6 is 0 Å². The summed E-state index contributed by atoms with van der Waals surface area (Å²) in [7, 11) is 0. The van der Waals surface area contributed by atoms with Crippen molar-refractivity contribution in [3.63, 3.8) is 0 Å². The van der Waals surface area contributed by atoms with Crippen LogP contribution in [0, 0.1) is 0 Å². The molecule has 0 saturated carbocycles. The molecule has 0 aliphatic carbocycles. The highest BCUT2D eigenvalue weighted by Crippen LogP contribution is 2.29. The van der Waals surface area contributed by atoms with Gasteiger partial charge in [0, 0.05) is 23.3 Å². The largest absolute Gasteiger partial charge is 0.444 e. The number of hydrogen-bond donors (Lipinski definition) is 3. The van der Waals surface area contributed by atoms with Gasteiger partial charge >= 0.3 is 6.09 Å². The Morgan fingerprint density at radius 2 is 1.46 bits per heavy atom. The van der Waals surface area contributed by atoms with Crippen molar-refractivity contribution in [1.29, 1.82) is 0 Å². The van der Waals surface area contributed by atoms with E-state index in [4.69, 9.17) is 4.74 Å². The Hall–Kier alpha value is -4.21. The average Bonchev–Trinajstić information content (AvgIpc) is 3.05. The van der Waals surface area contributed by atoms with E-state index in [1.807, 2.05) is 0 Å². The van der Waals surface area contributed by atoms with Crippen LogP contribution in [0.15, 0.2) is 42.5 Å². The van der Waals surface area contributed by atoms with Crippen LogP contribution < -0.4 is 16.0 Å². The van der Waals surface area contributed by atoms with E-state index in [0.29, 0.717) is 5.69 Å². The van der Waals surface area contributed by atoms with Crippen LogP contribution in [0.1, 0.15) is 78.2 Å². The molecule has 196 valence electrons. The number of amides is 5. The second-order valence-corrected chi connectivity index (χ2v) is 10.7. The zero-order chi connectivity index (χ0) is 27.5. The van der Waals surface area contributed by atoms with Crippen LogP contribution in [0.3, 0.4) is 0 Å². The molecule has 37 heavy (non-hydrogen) atoms. The molecule has 1 heterocycles. The summed E-state index contributed by atoms with van der Waals surface area (Å²) < 4.78 is 5.08. The predicted octanol–water partition coefficient (Wildman–Crippen LogP) is 3.47. The summed E-state index contributed by atoms with van der Waals surface area (Å²) in [5.41, 5.74) is 0.758. The minimum absolute atomic E-state index is 0.214. The lowest BCUT2D eigenvalue weighted by atomic mass is 10.1. The van der Waals surface area contributed by atoms with Crippen molar-refractivity contribution in [3.05, 3.63) is 64.7 Å². The van der Waals surface area contributed by atoms with Crippen LogP contribution in [0.2, 0.25) is 0 Å². The maximum Gasteiger partial charge on any atom is 0.408 e. The smallest absolute Gasteiger partial charge is 0.408 e. The fourth-order valence-corrected chi connectivity index (χ4v) is 3.65. The van der Waals surface area contributed by atoms with Gasteiger partial charge in [0.25, 0.3) is 17.7 Å². The fraction of sp³-hybridized carbons (Fsp3) is 0.370. The van der Waals surface area contributed by atoms with Crippen molar-refractivity contribution in [2.24, 2.45) is 0 Å². The molecule has 3 N–H and O–H groups in total. The summed E-state index contributed by atoms with van der Waals surface area (Å²) in [5.74, 6) is -1.59. The van der Waals surface area contributed by atoms with Crippen LogP contribution in [0.5, 0.6) is 0 Å². The molecule has 0 atom stereocenters. The Labute approximate surface area is 215 Å². The second kappa shape index (κ2) is 10.4. The Morgan fingerprint density at radius 3 is 2.05 bits per heavy atom. The zero-order valence-corrected chi connectivity index (χ0v) is 21.9. The molecule has 0 spiro atoms. The first-order chi connectivity index (χ1) is 17.2. The molecular weight excluding hydrogens is 476 g/mol. The van der Waals surface area contributed by atoms with Crippen molar-refractivity contribution < 1.29 is 28.7 Å². The number of nitrogens with one attached hydrogen (secondary N) is 3. The predicted molar refractivity (Wildman–Crippen MR) is 137 cm³/mol. The lowest BCUT2D eigenvalue weighted by Gasteiger charge is -2.29. The Morgan fingerprint density at radius 1 is 0.838 bits per heavy atom. The summed E-state index contributed by atoms with van der Waals surface area (Å²) >= 11 is 0. The number of benzene rings is 2. The normalized spacial score (nSPS) is 13.2. The highest BCUT2D eigenvalue weighted by atomic mass is 16.6. The number of alkyl carbamates (subject to hydrolysis) is 1. The van der Waals surface area contributed by atoms with Gasteiger partial charge in [0.05, 0.1) is 11.1 Å². The van der Waals surface area contributed by atoms with Gasteiger partial charge in [0.1, 0.15) is 12.1 Å². The van der Waals surface area contributed by atoms with Crippen molar-refractivity contribution in [2.75, 3.05) is 11.9 Å². The molecule has 2 aromatic rings. The number of anilines is 1. The standard InChI is InChI=1S/C27H32N4O6/c1-26(2,3)31-23(34)19-12-9-17(13-20(19)24(31)35)22(33)28-14-16-7-10-18(11-8-16)30-21(32)15-29-25(36)37-27(4,5)6/h7-13H,14-15H2,1-6H3,(H,28,33)(H,29,36)(H,30,32). The monoisotopic (exact) mass is 508 g/mol. The fourth-order valence-electron chi connectivity index (χ4n) is 3.65. The molecule has 0 saturated heterocycles. The Bertz CT molecular complexity index is 1240. The molecular formula is C27H32N4O6. The molecule has 3 rings (SSSR count). The Kier molecular flexibility index (Phi) is 7.71. The highest BCUT2D eigenvalue weighted by Gasteiger charge is 2.42. The molecule has 0 radical (unpaired) electrons. The third-order valence-electron chi connectivity index (χ3n) is 5.30. The number of carbonyl (C=O) groups excluding carboxylic acids is 5. The van der Waals surface area contributed by atoms with Gasteiger partial charge in [-0.25, -0.2) is 4.79 Å². The molecule has 1 aliphatic heterocycles. The first kappa shape index (κ1) is 27.4. The number of fused-ring (bicyclic) bond motifs is 1. The minimum Gasteiger partial charge on any atom is -0.444 e. The third-order valence-corrected chi connectivity index (χ3v) is 5.30. The number of nitrogens with zero attached hydrogens (tertiary/aromatic N) is 1. The van der Waals surface area contributed by atoms with Crippen LogP contribution in [0.25, 0.3) is 0 Å².